The van der Waals surface area contributed by atoms with Gasteiger partial charge in [0.05, 0.1) is 24.2 Å². The van der Waals surface area contributed by atoms with Gasteiger partial charge in [-0.2, -0.15) is 0 Å². The molecule has 3 aromatic rings. The Morgan fingerprint density at radius 2 is 1.87 bits per heavy atom. The van der Waals surface area contributed by atoms with Crippen molar-refractivity contribution in [2.75, 3.05) is 18.9 Å². The largest absolute Gasteiger partial charge is 0.497 e. The van der Waals surface area contributed by atoms with E-state index < -0.39 is 10.0 Å². The molecule has 0 aliphatic heterocycles. The van der Waals surface area contributed by atoms with Gasteiger partial charge < -0.3 is 14.2 Å². The molecule has 30 heavy (non-hydrogen) atoms. The zero-order valence-corrected chi connectivity index (χ0v) is 18.0. The van der Waals surface area contributed by atoms with E-state index in [0.29, 0.717) is 29.4 Å². The van der Waals surface area contributed by atoms with Gasteiger partial charge in [-0.3, -0.25) is 9.52 Å². The molecule has 0 saturated carbocycles. The normalized spacial score (nSPS) is 11.2. The molecular formula is C21H23N3O5S. The summed E-state index contributed by atoms with van der Waals surface area (Å²) >= 11 is 0. The molecule has 1 amide bonds. The van der Waals surface area contributed by atoms with Crippen LogP contribution in [-0.4, -0.2) is 38.5 Å². The van der Waals surface area contributed by atoms with E-state index in [-0.39, 0.29) is 16.4 Å². The second-order valence-electron chi connectivity index (χ2n) is 6.83. The predicted octanol–water partition coefficient (Wildman–Crippen LogP) is 3.37. The molecule has 0 fully saturated rings. The Morgan fingerprint density at radius 1 is 1.17 bits per heavy atom. The molecule has 1 aromatic heterocycles. The maximum absolute atomic E-state index is 12.8. The van der Waals surface area contributed by atoms with Crippen LogP contribution in [0, 0.1) is 13.8 Å². The number of nitrogens with one attached hydrogen (secondary N) is 1. The molecule has 0 saturated heterocycles. The average Bonchev–Trinajstić information content (AvgIpc) is 3.05. The highest BCUT2D eigenvalue weighted by Crippen LogP contribution is 2.21. The summed E-state index contributed by atoms with van der Waals surface area (Å²) in [6.45, 7) is 3.90. The summed E-state index contributed by atoms with van der Waals surface area (Å²) in [5.41, 5.74) is 2.20. The molecule has 2 aromatic carbocycles. The number of ether oxygens (including phenoxy) is 1. The van der Waals surface area contributed by atoms with Crippen molar-refractivity contribution in [3.8, 4) is 5.75 Å². The maximum Gasteiger partial charge on any atom is 0.261 e. The summed E-state index contributed by atoms with van der Waals surface area (Å²) < 4.78 is 38.2. The minimum absolute atomic E-state index is 0.00472. The maximum atomic E-state index is 12.8. The summed E-state index contributed by atoms with van der Waals surface area (Å²) in [4.78, 5) is 14.3. The second-order valence-corrected chi connectivity index (χ2v) is 8.51. The van der Waals surface area contributed by atoms with Gasteiger partial charge in [-0.25, -0.2) is 8.42 Å². The van der Waals surface area contributed by atoms with Crippen molar-refractivity contribution in [2.45, 2.75) is 25.3 Å². The fourth-order valence-electron chi connectivity index (χ4n) is 2.93. The van der Waals surface area contributed by atoms with Crippen LogP contribution in [0.3, 0.4) is 0 Å². The van der Waals surface area contributed by atoms with Crippen molar-refractivity contribution in [3.63, 3.8) is 0 Å². The van der Waals surface area contributed by atoms with Gasteiger partial charge in [-0.05, 0) is 56.3 Å². The smallest absolute Gasteiger partial charge is 0.261 e. The number of hydrogen-bond donors (Lipinski definition) is 1. The van der Waals surface area contributed by atoms with Crippen LogP contribution in [0.5, 0.6) is 5.75 Å². The number of anilines is 1. The fraction of sp³-hybridized carbons (Fsp3) is 0.238. The van der Waals surface area contributed by atoms with E-state index in [1.807, 2.05) is 6.92 Å². The second kappa shape index (κ2) is 8.58. The van der Waals surface area contributed by atoms with E-state index in [0.717, 1.165) is 5.56 Å². The molecule has 0 spiro atoms. The molecule has 0 unspecified atom stereocenters. The van der Waals surface area contributed by atoms with Crippen molar-refractivity contribution >= 4 is 21.6 Å². The van der Waals surface area contributed by atoms with Crippen LogP contribution < -0.4 is 9.46 Å². The quantitative estimate of drug-likeness (QED) is 0.618. The highest BCUT2D eigenvalue weighted by molar-refractivity contribution is 7.92. The highest BCUT2D eigenvalue weighted by atomic mass is 32.2. The topological polar surface area (TPSA) is 102 Å². The summed E-state index contributed by atoms with van der Waals surface area (Å²) in [6, 6.07) is 12.4. The zero-order chi connectivity index (χ0) is 21.9. The Morgan fingerprint density at radius 3 is 2.47 bits per heavy atom. The van der Waals surface area contributed by atoms with Crippen LogP contribution in [0.2, 0.25) is 0 Å². The number of carbonyl (C=O) groups is 1. The van der Waals surface area contributed by atoms with Crippen LogP contribution in [-0.2, 0) is 16.6 Å². The monoisotopic (exact) mass is 429 g/mol. The number of aryl methyl sites for hydroxylation is 2. The van der Waals surface area contributed by atoms with E-state index in [1.165, 1.54) is 24.1 Å². The highest BCUT2D eigenvalue weighted by Gasteiger charge is 2.20. The number of methoxy groups -OCH3 is 1. The molecule has 0 aliphatic rings. The summed E-state index contributed by atoms with van der Waals surface area (Å²) in [7, 11) is -0.689. The van der Waals surface area contributed by atoms with Gasteiger partial charge in [0.2, 0.25) is 0 Å². The minimum Gasteiger partial charge on any atom is -0.497 e. The van der Waals surface area contributed by atoms with Gasteiger partial charge >= 0.3 is 0 Å². The molecule has 0 aliphatic carbocycles. The third-order valence-corrected chi connectivity index (χ3v) is 6.04. The molecule has 0 bridgehead atoms. The van der Waals surface area contributed by atoms with Gasteiger partial charge in [0, 0.05) is 23.9 Å². The van der Waals surface area contributed by atoms with Crippen LogP contribution in [0.1, 0.15) is 27.4 Å². The number of hydrogen-bond acceptors (Lipinski definition) is 6. The van der Waals surface area contributed by atoms with Crippen molar-refractivity contribution < 1.29 is 22.5 Å². The first-order chi connectivity index (χ1) is 14.2. The molecule has 8 nitrogen and oxygen atoms in total. The molecule has 1 N–H and O–H groups in total. The number of aromatic nitrogens is 1. The number of amides is 1. The molecular weight excluding hydrogens is 406 g/mol. The summed E-state index contributed by atoms with van der Waals surface area (Å²) in [6.07, 6.45) is 0. The van der Waals surface area contributed by atoms with Gasteiger partial charge in [-0.1, -0.05) is 11.2 Å². The third-order valence-electron chi connectivity index (χ3n) is 4.66. The van der Waals surface area contributed by atoms with Crippen LogP contribution >= 0.6 is 0 Å². The van der Waals surface area contributed by atoms with E-state index in [2.05, 4.69) is 9.88 Å². The number of rotatable bonds is 7. The van der Waals surface area contributed by atoms with Gasteiger partial charge in [-0.15, -0.1) is 0 Å². The molecule has 0 atom stereocenters. The number of sulfonamides is 1. The van der Waals surface area contributed by atoms with E-state index >= 15 is 0 Å². The first-order valence-electron chi connectivity index (χ1n) is 9.15. The van der Waals surface area contributed by atoms with Crippen molar-refractivity contribution in [1.29, 1.82) is 0 Å². The van der Waals surface area contributed by atoms with Crippen molar-refractivity contribution in [3.05, 3.63) is 71.1 Å². The summed E-state index contributed by atoms with van der Waals surface area (Å²) in [5.74, 6) is 0.954. The Bertz CT molecular complexity index is 1130. The predicted molar refractivity (Wildman–Crippen MR) is 112 cm³/mol. The molecule has 3 rings (SSSR count). The molecule has 0 radical (unpaired) electrons. The number of carbonyl (C=O) groups excluding carboxylic acids is 1. The van der Waals surface area contributed by atoms with E-state index in [9.17, 15) is 13.2 Å². The average molecular weight is 429 g/mol. The minimum atomic E-state index is -3.86. The Hall–Kier alpha value is -3.33. The van der Waals surface area contributed by atoms with E-state index in [1.54, 1.807) is 50.4 Å². The first kappa shape index (κ1) is 21.4. The Labute approximate surface area is 175 Å². The van der Waals surface area contributed by atoms with E-state index in [4.69, 9.17) is 9.26 Å². The number of benzene rings is 2. The van der Waals surface area contributed by atoms with Crippen LogP contribution in [0.25, 0.3) is 0 Å². The zero-order valence-electron chi connectivity index (χ0n) is 17.2. The molecule has 158 valence electrons. The Balaban J connectivity index is 1.79. The van der Waals surface area contributed by atoms with Gasteiger partial charge in [0.25, 0.3) is 15.9 Å². The lowest BCUT2D eigenvalue weighted by atomic mass is 10.1. The lowest BCUT2D eigenvalue weighted by Gasteiger charge is -2.17. The number of nitrogens with zero attached hydrogens (tertiary/aromatic N) is 2. The van der Waals surface area contributed by atoms with Gasteiger partial charge in [0.1, 0.15) is 11.5 Å². The standard InChI is InChI=1S/C21H23N3O5S/c1-14-20(15(2)29-22-14)13-24(3)21(25)16-6-5-7-19(12-16)30(26,27)23-17-8-10-18(28-4)11-9-17/h5-12,23H,13H2,1-4H3. The third kappa shape index (κ3) is 4.62. The SMILES string of the molecule is COc1ccc(NS(=O)(=O)c2cccc(C(=O)N(C)Cc3c(C)noc3C)c2)cc1. The van der Waals surface area contributed by atoms with Gasteiger partial charge in [0.15, 0.2) is 0 Å². The molecule has 9 heteroatoms. The van der Waals surface area contributed by atoms with Crippen LogP contribution in [0.15, 0.2) is 57.9 Å². The molecule has 1 heterocycles. The summed E-state index contributed by atoms with van der Waals surface area (Å²) in [5, 5.41) is 3.89. The van der Waals surface area contributed by atoms with Crippen molar-refractivity contribution in [1.82, 2.24) is 10.1 Å². The van der Waals surface area contributed by atoms with Crippen molar-refractivity contribution in [2.24, 2.45) is 0 Å². The fourth-order valence-corrected chi connectivity index (χ4v) is 4.03. The Kier molecular flexibility index (Phi) is 6.12. The lowest BCUT2D eigenvalue weighted by molar-refractivity contribution is 0.0784. The first-order valence-corrected chi connectivity index (χ1v) is 10.6. The lowest BCUT2D eigenvalue weighted by Crippen LogP contribution is -2.27. The van der Waals surface area contributed by atoms with Crippen LogP contribution in [0.4, 0.5) is 5.69 Å².